The maximum atomic E-state index is 5.52. The first-order valence-electron chi connectivity index (χ1n) is 12.5. The first kappa shape index (κ1) is 24.7. The van der Waals surface area contributed by atoms with E-state index in [2.05, 4.69) is 58.5 Å². The minimum absolute atomic E-state index is 0.490. The van der Waals surface area contributed by atoms with Crippen LogP contribution in [-0.4, -0.2) is 45.4 Å². The van der Waals surface area contributed by atoms with Crippen LogP contribution in [0.5, 0.6) is 17.2 Å². The van der Waals surface area contributed by atoms with Crippen LogP contribution in [0.2, 0.25) is 0 Å². The van der Waals surface area contributed by atoms with Crippen LogP contribution >= 0.6 is 0 Å². The van der Waals surface area contributed by atoms with Gasteiger partial charge in [0.1, 0.15) is 0 Å². The number of hydrogen-bond acceptors (Lipinski definition) is 6. The van der Waals surface area contributed by atoms with E-state index in [1.54, 1.807) is 21.3 Å². The average Bonchev–Trinajstić information content (AvgIpc) is 2.92. The number of nitrogens with zero attached hydrogens (tertiary/aromatic N) is 2. The third kappa shape index (κ3) is 5.99. The Morgan fingerprint density at radius 1 is 0.914 bits per heavy atom. The number of nitrogens with one attached hydrogen (secondary N) is 1. The number of unbranched alkanes of at least 4 members (excludes halogenated alkanes) is 1. The highest BCUT2D eigenvalue weighted by molar-refractivity contribution is 5.71. The molecule has 1 aliphatic rings. The Labute approximate surface area is 209 Å². The van der Waals surface area contributed by atoms with Crippen molar-refractivity contribution in [1.29, 1.82) is 0 Å². The van der Waals surface area contributed by atoms with Crippen molar-refractivity contribution in [3.05, 3.63) is 60.3 Å². The van der Waals surface area contributed by atoms with Crippen molar-refractivity contribution in [3.63, 3.8) is 0 Å². The van der Waals surface area contributed by atoms with Crippen LogP contribution < -0.4 is 24.4 Å². The van der Waals surface area contributed by atoms with Gasteiger partial charge >= 0.3 is 0 Å². The van der Waals surface area contributed by atoms with Gasteiger partial charge in [0, 0.05) is 42.3 Å². The minimum Gasteiger partial charge on any atom is -0.493 e. The summed E-state index contributed by atoms with van der Waals surface area (Å²) in [5, 5.41) is 3.73. The predicted molar refractivity (Wildman–Crippen MR) is 143 cm³/mol. The van der Waals surface area contributed by atoms with Crippen LogP contribution in [0.4, 0.5) is 11.4 Å². The number of anilines is 2. The van der Waals surface area contributed by atoms with Gasteiger partial charge in [-0.1, -0.05) is 25.5 Å². The van der Waals surface area contributed by atoms with E-state index in [1.807, 2.05) is 18.3 Å². The van der Waals surface area contributed by atoms with Gasteiger partial charge in [-0.25, -0.2) is 0 Å². The number of methoxy groups -OCH3 is 3. The average molecular weight is 476 g/mol. The van der Waals surface area contributed by atoms with Crippen LogP contribution in [0, 0.1) is 0 Å². The maximum Gasteiger partial charge on any atom is 0.203 e. The lowest BCUT2D eigenvalue weighted by molar-refractivity contribution is 0.324. The molecule has 2 heterocycles. The van der Waals surface area contributed by atoms with Gasteiger partial charge in [0.05, 0.1) is 27.0 Å². The molecule has 2 aromatic carbocycles. The number of aryl methyl sites for hydroxylation is 1. The van der Waals surface area contributed by atoms with Crippen molar-refractivity contribution < 1.29 is 14.2 Å². The Hall–Kier alpha value is -3.41. The summed E-state index contributed by atoms with van der Waals surface area (Å²) < 4.78 is 16.5. The quantitative estimate of drug-likeness (QED) is 0.377. The molecule has 1 fully saturated rings. The van der Waals surface area contributed by atoms with Crippen molar-refractivity contribution in [2.45, 2.75) is 45.1 Å². The van der Waals surface area contributed by atoms with Gasteiger partial charge in [0.15, 0.2) is 11.5 Å². The van der Waals surface area contributed by atoms with Crippen molar-refractivity contribution in [3.8, 4) is 28.5 Å². The zero-order valence-corrected chi connectivity index (χ0v) is 21.3. The van der Waals surface area contributed by atoms with Crippen LogP contribution in [0.15, 0.2) is 54.7 Å². The Morgan fingerprint density at radius 2 is 1.60 bits per heavy atom. The van der Waals surface area contributed by atoms with Crippen LogP contribution in [0.1, 0.15) is 38.2 Å². The summed E-state index contributed by atoms with van der Waals surface area (Å²) in [6.07, 6.45) is 7.72. The van der Waals surface area contributed by atoms with Crippen molar-refractivity contribution in [2.75, 3.05) is 44.6 Å². The number of piperidine rings is 1. The predicted octanol–water partition coefficient (Wildman–Crippen LogP) is 6.20. The number of hydrogen-bond donors (Lipinski definition) is 1. The molecule has 6 nitrogen and oxygen atoms in total. The Morgan fingerprint density at radius 3 is 2.20 bits per heavy atom. The van der Waals surface area contributed by atoms with Crippen LogP contribution in [-0.2, 0) is 6.42 Å². The largest absolute Gasteiger partial charge is 0.493 e. The van der Waals surface area contributed by atoms with E-state index < -0.39 is 0 Å². The smallest absolute Gasteiger partial charge is 0.203 e. The fourth-order valence-electron chi connectivity index (χ4n) is 4.67. The van der Waals surface area contributed by atoms with E-state index in [4.69, 9.17) is 14.2 Å². The summed E-state index contributed by atoms with van der Waals surface area (Å²) in [7, 11) is 4.87. The zero-order valence-electron chi connectivity index (χ0n) is 21.3. The molecule has 6 heteroatoms. The van der Waals surface area contributed by atoms with E-state index in [0.29, 0.717) is 23.3 Å². The van der Waals surface area contributed by atoms with Crippen molar-refractivity contribution in [2.24, 2.45) is 0 Å². The summed E-state index contributed by atoms with van der Waals surface area (Å²) in [6, 6.07) is 17.6. The molecule has 0 unspecified atom stereocenters. The number of ether oxygens (including phenoxy) is 3. The normalized spacial score (nSPS) is 14.0. The first-order valence-corrected chi connectivity index (χ1v) is 12.5. The molecule has 0 saturated carbocycles. The standard InChI is InChI=1S/C29H37N3O3/c1-5-6-7-21-8-10-23(11-9-21)31-24-13-16-32(17-14-24)25-12-15-30-26(20-25)22-18-27(33-2)29(35-4)28(19-22)34-3/h8-12,15,18-20,24,31H,5-7,13-14,16-17H2,1-4H3. The Balaban J connectivity index is 1.40. The second kappa shape index (κ2) is 11.8. The fourth-order valence-corrected chi connectivity index (χ4v) is 4.67. The molecule has 0 amide bonds. The van der Waals surface area contributed by atoms with Gasteiger partial charge in [-0.05, 0) is 67.6 Å². The lowest BCUT2D eigenvalue weighted by Gasteiger charge is -2.34. The molecule has 3 aromatic rings. The van der Waals surface area contributed by atoms with Gasteiger partial charge < -0.3 is 24.4 Å². The molecule has 0 radical (unpaired) electrons. The molecule has 0 bridgehead atoms. The Kier molecular flexibility index (Phi) is 8.35. The monoisotopic (exact) mass is 475 g/mol. The molecule has 0 spiro atoms. The number of benzene rings is 2. The molecule has 0 atom stereocenters. The SMILES string of the molecule is CCCCc1ccc(NC2CCN(c3ccnc(-c4cc(OC)c(OC)c(OC)c4)c3)CC2)cc1. The van der Waals surface area contributed by atoms with Gasteiger partial charge in [0.25, 0.3) is 0 Å². The number of pyridine rings is 1. The fraction of sp³-hybridized carbons (Fsp3) is 0.414. The summed E-state index contributed by atoms with van der Waals surface area (Å²) >= 11 is 0. The van der Waals surface area contributed by atoms with Gasteiger partial charge in [0.2, 0.25) is 5.75 Å². The van der Waals surface area contributed by atoms with E-state index >= 15 is 0 Å². The highest BCUT2D eigenvalue weighted by atomic mass is 16.5. The molecular weight excluding hydrogens is 438 g/mol. The molecule has 0 aliphatic carbocycles. The number of aromatic nitrogens is 1. The van der Waals surface area contributed by atoms with Crippen molar-refractivity contribution in [1.82, 2.24) is 4.98 Å². The van der Waals surface area contributed by atoms with Crippen molar-refractivity contribution >= 4 is 11.4 Å². The van der Waals surface area contributed by atoms with Gasteiger partial charge in [-0.3, -0.25) is 4.98 Å². The molecule has 186 valence electrons. The van der Waals surface area contributed by atoms with Gasteiger partial charge in [-0.15, -0.1) is 0 Å². The first-order chi connectivity index (χ1) is 17.1. The lowest BCUT2D eigenvalue weighted by Crippen LogP contribution is -2.39. The summed E-state index contributed by atoms with van der Waals surface area (Å²) in [5.41, 5.74) is 5.64. The van der Waals surface area contributed by atoms with E-state index in [1.165, 1.54) is 36.2 Å². The molecular formula is C29H37N3O3. The zero-order chi connectivity index (χ0) is 24.6. The third-order valence-electron chi connectivity index (χ3n) is 6.71. The Bertz CT molecular complexity index is 1070. The highest BCUT2D eigenvalue weighted by Gasteiger charge is 2.21. The highest BCUT2D eigenvalue weighted by Crippen LogP contribution is 2.41. The summed E-state index contributed by atoms with van der Waals surface area (Å²) in [5.74, 6) is 1.83. The lowest BCUT2D eigenvalue weighted by atomic mass is 10.0. The minimum atomic E-state index is 0.490. The molecule has 1 aromatic heterocycles. The maximum absolute atomic E-state index is 5.52. The summed E-state index contributed by atoms with van der Waals surface area (Å²) in [4.78, 5) is 7.06. The summed E-state index contributed by atoms with van der Waals surface area (Å²) in [6.45, 7) is 4.25. The molecule has 1 saturated heterocycles. The number of rotatable bonds is 10. The molecule has 4 rings (SSSR count). The molecule has 1 aliphatic heterocycles. The molecule has 1 N–H and O–H groups in total. The second-order valence-corrected chi connectivity index (χ2v) is 9.02. The topological polar surface area (TPSA) is 55.9 Å². The van der Waals surface area contributed by atoms with E-state index in [-0.39, 0.29) is 0 Å². The third-order valence-corrected chi connectivity index (χ3v) is 6.71. The molecule has 35 heavy (non-hydrogen) atoms. The second-order valence-electron chi connectivity index (χ2n) is 9.02. The van der Waals surface area contributed by atoms with E-state index in [0.717, 1.165) is 37.2 Å². The van der Waals surface area contributed by atoms with Crippen LogP contribution in [0.3, 0.4) is 0 Å². The van der Waals surface area contributed by atoms with E-state index in [9.17, 15) is 0 Å². The van der Waals surface area contributed by atoms with Crippen LogP contribution in [0.25, 0.3) is 11.3 Å². The van der Waals surface area contributed by atoms with Gasteiger partial charge in [-0.2, -0.15) is 0 Å².